The van der Waals surface area contributed by atoms with E-state index in [1.54, 1.807) is 36.7 Å². The van der Waals surface area contributed by atoms with Gasteiger partial charge in [-0.1, -0.05) is 6.92 Å². The number of anilines is 3. The summed E-state index contributed by atoms with van der Waals surface area (Å²) in [5, 5.41) is 25.5. The summed E-state index contributed by atoms with van der Waals surface area (Å²) >= 11 is 0. The summed E-state index contributed by atoms with van der Waals surface area (Å²) in [6.07, 6.45) is 3.13. The normalized spacial score (nSPS) is 17.5. The van der Waals surface area contributed by atoms with Crippen molar-refractivity contribution >= 4 is 17.3 Å². The lowest BCUT2D eigenvalue weighted by Gasteiger charge is -2.21. The fourth-order valence-corrected chi connectivity index (χ4v) is 3.28. The minimum Gasteiger partial charge on any atom is -0.395 e. The van der Waals surface area contributed by atoms with Gasteiger partial charge in [0.2, 0.25) is 5.95 Å². The van der Waals surface area contributed by atoms with Crippen molar-refractivity contribution in [2.75, 3.05) is 23.8 Å². The molecule has 140 valence electrons. The van der Waals surface area contributed by atoms with Crippen molar-refractivity contribution in [1.82, 2.24) is 15.0 Å². The number of aromatic amines is 1. The average molecular weight is 374 g/mol. The monoisotopic (exact) mass is 374 g/mol. The van der Waals surface area contributed by atoms with E-state index in [-0.39, 0.29) is 18.1 Å². The Labute approximate surface area is 160 Å². The van der Waals surface area contributed by atoms with Crippen molar-refractivity contribution in [3.63, 3.8) is 0 Å². The van der Waals surface area contributed by atoms with Crippen LogP contribution in [-0.4, -0.2) is 33.2 Å². The fourth-order valence-electron chi connectivity index (χ4n) is 3.28. The third-order valence-corrected chi connectivity index (χ3v) is 4.93. The zero-order valence-corrected chi connectivity index (χ0v) is 15.2. The van der Waals surface area contributed by atoms with Gasteiger partial charge in [0.05, 0.1) is 23.6 Å². The van der Waals surface area contributed by atoms with Crippen LogP contribution in [0, 0.1) is 11.3 Å². The molecule has 28 heavy (non-hydrogen) atoms. The van der Waals surface area contributed by atoms with Crippen molar-refractivity contribution < 1.29 is 5.11 Å². The molecule has 8 nitrogen and oxygen atoms in total. The molecule has 0 saturated carbocycles. The Hall–Kier alpha value is -3.70. The Morgan fingerprint density at radius 2 is 2.25 bits per heavy atom. The van der Waals surface area contributed by atoms with Gasteiger partial charge in [0.15, 0.2) is 0 Å². The quantitative estimate of drug-likeness (QED) is 0.551. The van der Waals surface area contributed by atoms with E-state index >= 15 is 0 Å². The highest BCUT2D eigenvalue weighted by atomic mass is 16.3. The van der Waals surface area contributed by atoms with Crippen molar-refractivity contribution in [1.29, 1.82) is 5.26 Å². The van der Waals surface area contributed by atoms with Crippen LogP contribution in [0.25, 0.3) is 11.3 Å². The molecule has 4 N–H and O–H groups in total. The van der Waals surface area contributed by atoms with Gasteiger partial charge in [-0.25, -0.2) is 9.97 Å². The van der Waals surface area contributed by atoms with Crippen LogP contribution in [-0.2, 0) is 5.41 Å². The van der Waals surface area contributed by atoms with Crippen LogP contribution in [0.4, 0.5) is 17.3 Å². The molecule has 3 aromatic rings. The third kappa shape index (κ3) is 2.98. The Morgan fingerprint density at radius 1 is 1.39 bits per heavy atom. The Bertz CT molecular complexity index is 1150. The van der Waals surface area contributed by atoms with E-state index < -0.39 is 5.41 Å². The van der Waals surface area contributed by atoms with E-state index in [4.69, 9.17) is 0 Å². The highest BCUT2D eigenvalue weighted by Gasteiger charge is 2.35. The third-order valence-electron chi connectivity index (χ3n) is 4.93. The van der Waals surface area contributed by atoms with Gasteiger partial charge in [-0.05, 0) is 35.9 Å². The molecule has 0 radical (unpaired) electrons. The molecule has 0 bridgehead atoms. The molecular formula is C20H18N6O2. The first kappa shape index (κ1) is 17.7. The van der Waals surface area contributed by atoms with Gasteiger partial charge in [-0.15, -0.1) is 0 Å². The molecule has 3 heterocycles. The maximum absolute atomic E-state index is 11.9. The van der Waals surface area contributed by atoms with E-state index in [0.29, 0.717) is 23.5 Å². The summed E-state index contributed by atoms with van der Waals surface area (Å²) in [4.78, 5) is 23.1. The van der Waals surface area contributed by atoms with E-state index in [9.17, 15) is 15.2 Å². The van der Waals surface area contributed by atoms with Crippen LogP contribution in [0.1, 0.15) is 18.1 Å². The molecule has 0 amide bonds. The van der Waals surface area contributed by atoms with E-state index in [1.807, 2.05) is 13.0 Å². The number of hydrogen-bond acceptors (Lipinski definition) is 7. The lowest BCUT2D eigenvalue weighted by Crippen LogP contribution is -2.28. The van der Waals surface area contributed by atoms with Crippen LogP contribution < -0.4 is 16.2 Å². The number of pyridine rings is 1. The van der Waals surface area contributed by atoms with Gasteiger partial charge < -0.3 is 20.7 Å². The molecule has 4 rings (SSSR count). The number of hydrogen-bond donors (Lipinski definition) is 4. The predicted octanol–water partition coefficient (Wildman–Crippen LogP) is 2.12. The molecule has 0 fully saturated rings. The summed E-state index contributed by atoms with van der Waals surface area (Å²) in [5.74, 6) is 0.274. The van der Waals surface area contributed by atoms with Crippen LogP contribution in [0.3, 0.4) is 0 Å². The second-order valence-corrected chi connectivity index (χ2v) is 6.93. The number of H-pyrrole nitrogens is 1. The smallest absolute Gasteiger partial charge is 0.271 e. The molecular weight excluding hydrogens is 356 g/mol. The van der Waals surface area contributed by atoms with Gasteiger partial charge in [0, 0.05) is 29.9 Å². The number of fused-ring (bicyclic) bond motifs is 1. The molecule has 1 aliphatic heterocycles. The highest BCUT2D eigenvalue weighted by Crippen LogP contribution is 2.41. The standard InChI is InChI=1S/C20H18N6O2/c1-20(11-27)10-24-17-13(9-21)7-12(8-14(17)20)15-4-6-23-19(25-15)26-16-3-2-5-22-18(16)28/h2-8,24,27H,10-11H2,1H3,(H,22,28)(H,23,25,26)/t20-/m1/s1. The Morgan fingerprint density at radius 3 is 3.00 bits per heavy atom. The summed E-state index contributed by atoms with van der Waals surface area (Å²) in [6.45, 7) is 2.48. The summed E-state index contributed by atoms with van der Waals surface area (Å²) in [7, 11) is 0. The fraction of sp³-hybridized carbons (Fsp3) is 0.200. The molecule has 0 aliphatic carbocycles. The molecule has 1 aromatic carbocycles. The number of rotatable bonds is 4. The number of aromatic nitrogens is 3. The SMILES string of the molecule is C[C@]1(CO)CNc2c(C#N)cc(-c3ccnc(Nc4ccc[nH]c4=O)n3)cc21. The molecule has 1 atom stereocenters. The van der Waals surface area contributed by atoms with Crippen molar-refractivity contribution in [2.24, 2.45) is 0 Å². The largest absolute Gasteiger partial charge is 0.395 e. The first-order valence-electron chi connectivity index (χ1n) is 8.75. The number of nitrogens with zero attached hydrogens (tertiary/aromatic N) is 3. The van der Waals surface area contributed by atoms with Crippen LogP contribution >= 0.6 is 0 Å². The van der Waals surface area contributed by atoms with Crippen LogP contribution in [0.2, 0.25) is 0 Å². The van der Waals surface area contributed by atoms with Crippen molar-refractivity contribution in [3.05, 3.63) is 64.2 Å². The van der Waals surface area contributed by atoms with E-state index in [2.05, 4.69) is 31.7 Å². The molecule has 0 unspecified atom stereocenters. The highest BCUT2D eigenvalue weighted by molar-refractivity contribution is 5.76. The minimum absolute atomic E-state index is 0.0331. The Balaban J connectivity index is 1.76. The average Bonchev–Trinajstić information content (AvgIpc) is 3.07. The van der Waals surface area contributed by atoms with Crippen LogP contribution in [0.5, 0.6) is 0 Å². The maximum atomic E-state index is 11.9. The number of benzene rings is 1. The molecule has 2 aromatic heterocycles. The van der Waals surface area contributed by atoms with E-state index in [1.165, 1.54) is 0 Å². The van der Waals surface area contributed by atoms with Gasteiger partial charge in [0.25, 0.3) is 5.56 Å². The molecule has 8 heteroatoms. The number of nitriles is 1. The van der Waals surface area contributed by atoms with Gasteiger partial charge >= 0.3 is 0 Å². The van der Waals surface area contributed by atoms with Gasteiger partial charge in [0.1, 0.15) is 11.8 Å². The van der Waals surface area contributed by atoms with Crippen molar-refractivity contribution in [3.8, 4) is 17.3 Å². The van der Waals surface area contributed by atoms with Crippen LogP contribution in [0.15, 0.2) is 47.5 Å². The zero-order chi connectivity index (χ0) is 19.7. The van der Waals surface area contributed by atoms with Gasteiger partial charge in [-0.3, -0.25) is 4.79 Å². The van der Waals surface area contributed by atoms with E-state index in [0.717, 1.165) is 16.8 Å². The Kier molecular flexibility index (Phi) is 4.29. The second-order valence-electron chi connectivity index (χ2n) is 6.93. The lowest BCUT2D eigenvalue weighted by molar-refractivity contribution is 0.219. The van der Waals surface area contributed by atoms with Gasteiger partial charge in [-0.2, -0.15) is 5.26 Å². The second kappa shape index (κ2) is 6.79. The first-order valence-corrected chi connectivity index (χ1v) is 8.75. The topological polar surface area (TPSA) is 127 Å². The zero-order valence-electron chi connectivity index (χ0n) is 15.2. The number of aliphatic hydroxyl groups excluding tert-OH is 1. The number of nitrogens with one attached hydrogen (secondary N) is 3. The van der Waals surface area contributed by atoms with Crippen molar-refractivity contribution in [2.45, 2.75) is 12.3 Å². The molecule has 0 saturated heterocycles. The lowest BCUT2D eigenvalue weighted by atomic mass is 9.83. The number of aliphatic hydroxyl groups is 1. The first-order chi connectivity index (χ1) is 13.5. The summed E-state index contributed by atoms with van der Waals surface area (Å²) in [6, 6.07) is 11.0. The summed E-state index contributed by atoms with van der Waals surface area (Å²) in [5.41, 5.74) is 3.08. The molecule has 0 spiro atoms. The summed E-state index contributed by atoms with van der Waals surface area (Å²) < 4.78 is 0. The minimum atomic E-state index is -0.470. The predicted molar refractivity (Wildman–Crippen MR) is 105 cm³/mol. The maximum Gasteiger partial charge on any atom is 0.271 e. The molecule has 1 aliphatic rings.